The SMILES string of the molecule is CCCCCCOC(=O)CCC(C(=O)O)N(NO[C@@H]1[C@H](OP(OOCCC#N)N(C(C)C)C(C)C)[C@@H](COC(c2ccccc2)(c2ccc(OC)cc2)c2ccc(OC)cc2)O[C@H]1n1ccc(=O)[nH]c1=O)C(=O)c1ccc(NCc2cnc3nc(N)[nH]c(=O)c3n2)cc1. The van der Waals surface area contributed by atoms with E-state index in [1.807, 2.05) is 100.0 Å². The van der Waals surface area contributed by atoms with Crippen molar-refractivity contribution < 1.29 is 62.1 Å². The largest absolute Gasteiger partial charge is 0.497 e. The first-order valence-corrected chi connectivity index (χ1v) is 31.4. The highest BCUT2D eigenvalue weighted by Gasteiger charge is 2.53. The number of carboxylic acids is 1. The Kier molecular flexibility index (Phi) is 25.2. The molecule has 0 saturated carbocycles. The molecule has 1 aliphatic rings. The zero-order valence-electron chi connectivity index (χ0n) is 52.6. The van der Waals surface area contributed by atoms with E-state index >= 15 is 4.79 Å². The molecule has 1 fully saturated rings. The third-order valence-corrected chi connectivity index (χ3v) is 17.0. The van der Waals surface area contributed by atoms with Crippen LogP contribution in [0, 0.1) is 11.3 Å². The van der Waals surface area contributed by atoms with E-state index in [0.29, 0.717) is 51.0 Å². The molecule has 4 aromatic carbocycles. The number of rotatable bonds is 35. The molecule has 93 heavy (non-hydrogen) atoms. The van der Waals surface area contributed by atoms with Crippen molar-refractivity contribution in [3.63, 3.8) is 0 Å². The van der Waals surface area contributed by atoms with Gasteiger partial charge in [-0.15, -0.1) is 5.59 Å². The van der Waals surface area contributed by atoms with Crippen LogP contribution in [-0.4, -0.2) is 133 Å². The number of amides is 1. The van der Waals surface area contributed by atoms with Crippen LogP contribution in [0.5, 0.6) is 11.5 Å². The minimum atomic E-state index is -2.39. The number of benzene rings is 4. The van der Waals surface area contributed by atoms with Gasteiger partial charge in [0, 0.05) is 42.0 Å². The van der Waals surface area contributed by atoms with Gasteiger partial charge in [-0.1, -0.05) is 80.8 Å². The highest BCUT2D eigenvalue weighted by Crippen LogP contribution is 2.51. The molecular formula is C64H77N12O16P. The molecule has 494 valence electrons. The van der Waals surface area contributed by atoms with Crippen LogP contribution < -0.4 is 42.9 Å². The number of nitrogens with zero attached hydrogens (tertiary/aromatic N) is 7. The van der Waals surface area contributed by atoms with E-state index in [4.69, 9.17) is 48.3 Å². The van der Waals surface area contributed by atoms with E-state index in [2.05, 4.69) is 35.8 Å². The van der Waals surface area contributed by atoms with Gasteiger partial charge in [-0.3, -0.25) is 38.6 Å². The number of methoxy groups -OCH3 is 2. The van der Waals surface area contributed by atoms with Crippen molar-refractivity contribution in [2.45, 2.75) is 134 Å². The maximum Gasteiger partial charge on any atom is 0.330 e. The number of unbranched alkanes of at least 4 members (excludes halogenated alkanes) is 3. The first-order chi connectivity index (χ1) is 44.9. The molecule has 4 heterocycles. The van der Waals surface area contributed by atoms with Gasteiger partial charge in [0.1, 0.15) is 35.3 Å². The average molecular weight is 1300 g/mol. The Balaban J connectivity index is 1.23. The first-order valence-electron chi connectivity index (χ1n) is 30.2. The van der Waals surface area contributed by atoms with E-state index in [0.717, 1.165) is 29.9 Å². The Labute approximate surface area is 537 Å². The number of aromatic nitrogens is 6. The number of anilines is 2. The zero-order valence-corrected chi connectivity index (χ0v) is 53.5. The van der Waals surface area contributed by atoms with Gasteiger partial charge in [0.25, 0.3) is 25.6 Å². The van der Waals surface area contributed by atoms with Gasteiger partial charge in [0.2, 0.25) is 5.95 Å². The predicted octanol–water partition coefficient (Wildman–Crippen LogP) is 7.58. The summed E-state index contributed by atoms with van der Waals surface area (Å²) in [6.45, 7) is 9.26. The summed E-state index contributed by atoms with van der Waals surface area (Å²) in [5.41, 5.74) is 7.29. The number of nitrogen functional groups attached to an aromatic ring is 1. The van der Waals surface area contributed by atoms with Gasteiger partial charge in [-0.05, 0) is 106 Å². The molecule has 7 aromatic rings. The average Bonchev–Trinajstić information content (AvgIpc) is 1.70. The lowest BCUT2D eigenvalue weighted by atomic mass is 9.80. The molecule has 6 atom stereocenters. The van der Waals surface area contributed by atoms with Crippen molar-refractivity contribution in [3.05, 3.63) is 181 Å². The fourth-order valence-corrected chi connectivity index (χ4v) is 12.1. The Hall–Kier alpha value is -9.01. The second-order valence-corrected chi connectivity index (χ2v) is 23.3. The molecule has 0 bridgehead atoms. The number of fused-ring (bicyclic) bond motifs is 1. The summed E-state index contributed by atoms with van der Waals surface area (Å²) >= 11 is 0. The predicted molar refractivity (Wildman–Crippen MR) is 341 cm³/mol. The number of hydrogen-bond donors (Lipinski definition) is 6. The number of H-pyrrole nitrogens is 2. The molecule has 1 amide bonds. The lowest BCUT2D eigenvalue weighted by Crippen LogP contribution is -2.55. The molecule has 28 nitrogen and oxygen atoms in total. The number of aliphatic carboxylic acids is 1. The normalized spacial score (nSPS) is 16.3. The number of nitrogens with two attached hydrogens (primary N) is 1. The summed E-state index contributed by atoms with van der Waals surface area (Å²) < 4.78 is 47.2. The third-order valence-electron chi connectivity index (χ3n) is 15.0. The quantitative estimate of drug-likeness (QED) is 0.00556. The van der Waals surface area contributed by atoms with Gasteiger partial charge < -0.3 is 44.4 Å². The smallest absolute Gasteiger partial charge is 0.330 e. The second kappa shape index (κ2) is 33.5. The van der Waals surface area contributed by atoms with Crippen LogP contribution in [0.15, 0.2) is 136 Å². The summed E-state index contributed by atoms with van der Waals surface area (Å²) in [7, 11) is 0.708. The van der Waals surface area contributed by atoms with Crippen molar-refractivity contribution in [2.24, 2.45) is 0 Å². The second-order valence-electron chi connectivity index (χ2n) is 22.0. The summed E-state index contributed by atoms with van der Waals surface area (Å²) in [6, 6.07) is 30.5. The molecule has 0 radical (unpaired) electrons. The molecule has 1 saturated heterocycles. The zero-order chi connectivity index (χ0) is 66.6. The minimum Gasteiger partial charge on any atom is -0.497 e. The van der Waals surface area contributed by atoms with Gasteiger partial charge >= 0.3 is 17.6 Å². The molecular weight excluding hydrogens is 1220 g/mol. The monoisotopic (exact) mass is 1300 g/mol. The highest BCUT2D eigenvalue weighted by molar-refractivity contribution is 7.44. The molecule has 1 aliphatic heterocycles. The molecule has 29 heteroatoms. The Morgan fingerprint density at radius 2 is 1.52 bits per heavy atom. The lowest BCUT2D eigenvalue weighted by molar-refractivity contribution is -0.218. The fourth-order valence-electron chi connectivity index (χ4n) is 10.5. The minimum absolute atomic E-state index is 0.0294. The number of aromatic amines is 2. The molecule has 0 aliphatic carbocycles. The highest BCUT2D eigenvalue weighted by atomic mass is 31.2. The number of ether oxygens (including phenoxy) is 5. The number of hydrogen-bond acceptors (Lipinski definition) is 23. The van der Waals surface area contributed by atoms with Crippen molar-refractivity contribution in [2.75, 3.05) is 45.1 Å². The van der Waals surface area contributed by atoms with Crippen LogP contribution >= 0.6 is 8.53 Å². The van der Waals surface area contributed by atoms with Crippen LogP contribution in [0.25, 0.3) is 11.2 Å². The molecule has 8 rings (SSSR count). The summed E-state index contributed by atoms with van der Waals surface area (Å²) in [5, 5.41) is 24.5. The van der Waals surface area contributed by atoms with Gasteiger partial charge in [0.05, 0.1) is 65.0 Å². The Morgan fingerprint density at radius 1 is 0.849 bits per heavy atom. The van der Waals surface area contributed by atoms with E-state index in [-0.39, 0.29) is 60.9 Å². The van der Waals surface area contributed by atoms with E-state index in [9.17, 15) is 34.3 Å². The summed E-state index contributed by atoms with van der Waals surface area (Å²) in [4.78, 5) is 111. The number of hydrazine groups is 1. The van der Waals surface area contributed by atoms with Crippen molar-refractivity contribution >= 4 is 49.2 Å². The Morgan fingerprint density at radius 3 is 2.13 bits per heavy atom. The number of carbonyl (C=O) groups is 3. The van der Waals surface area contributed by atoms with Crippen LogP contribution in [0.3, 0.4) is 0 Å². The van der Waals surface area contributed by atoms with Crippen molar-refractivity contribution in [1.82, 2.24) is 44.8 Å². The first kappa shape index (κ1) is 69.9. The van der Waals surface area contributed by atoms with Crippen molar-refractivity contribution in [1.29, 1.82) is 5.26 Å². The number of carbonyl (C=O) groups excluding carboxylic acids is 2. The number of esters is 1. The summed E-state index contributed by atoms with van der Waals surface area (Å²) in [5.74, 6) is -2.21. The van der Waals surface area contributed by atoms with Gasteiger partial charge in [0.15, 0.2) is 23.5 Å². The summed E-state index contributed by atoms with van der Waals surface area (Å²) in [6.07, 6.45) is -1.15. The number of nitrogens with one attached hydrogen (secondary N) is 4. The molecule has 7 N–H and O–H groups in total. The maximum atomic E-state index is 15.2. The standard InChI is InChI=1S/C64H77N12O16P/c1-8-9-10-14-35-86-53(78)31-30-50(61(81)82)75(59(80)42-18-24-46(25-19-42)67-37-47-38-68-57-54(69-47)58(79)72-62(66)71-57)73-90-56-55(91-93(92-88-36-15-33-65)76(40(2)3)41(4)5)51(89-60(56)74-34-32-52(77)70-63(74)83)39-87-64(43-16-12-11-13-17-43,44-20-26-48(84-6)27-21-44)45-22-28-49(85-7)29-23-45/h11-13,16-29,32,34,38,40-41,50-51,55-56,60,67,73H,8-10,14-15,30-31,35-37,39H2,1-7H3,(H,81,82)(H,70,77,83)(H3,66,68,71,72,79)/t50?,51-,55-,56-,60-,93?/m1/s1. The number of nitriles is 1. The van der Waals surface area contributed by atoms with Crippen LogP contribution in [0.1, 0.15) is 119 Å². The third kappa shape index (κ3) is 17.8. The van der Waals surface area contributed by atoms with E-state index in [1.165, 1.54) is 24.5 Å². The Bertz CT molecular complexity index is 3760. The number of carboxylic acid groups (broad SMARTS) is 1. The van der Waals surface area contributed by atoms with Crippen molar-refractivity contribution in [3.8, 4) is 17.6 Å². The molecule has 0 spiro atoms. The fraction of sp³-hybridized carbons (Fsp3) is 0.406. The van der Waals surface area contributed by atoms with E-state index < -0.39 is 98.8 Å². The van der Waals surface area contributed by atoms with Crippen LogP contribution in [0.2, 0.25) is 0 Å². The van der Waals surface area contributed by atoms with E-state index in [1.54, 1.807) is 50.6 Å². The van der Waals surface area contributed by atoms with Crippen LogP contribution in [0.4, 0.5) is 11.6 Å². The maximum absolute atomic E-state index is 15.2. The lowest BCUT2D eigenvalue weighted by Gasteiger charge is -2.39. The van der Waals surface area contributed by atoms with Gasteiger partial charge in [-0.25, -0.2) is 34.1 Å². The molecule has 2 unspecified atom stereocenters. The molecule has 3 aromatic heterocycles. The topological polar surface area (TPSA) is 361 Å². The van der Waals surface area contributed by atoms with Crippen LogP contribution in [-0.2, 0) is 54.9 Å². The van der Waals surface area contributed by atoms with Gasteiger partial charge in [-0.2, -0.15) is 14.9 Å².